The predicted octanol–water partition coefficient (Wildman–Crippen LogP) is 5.43. The van der Waals surface area contributed by atoms with E-state index in [2.05, 4.69) is 25.7 Å². The van der Waals surface area contributed by atoms with E-state index >= 15 is 0 Å². The fourth-order valence-electron chi connectivity index (χ4n) is 2.94. The van der Waals surface area contributed by atoms with E-state index in [-0.39, 0.29) is 5.75 Å². The number of carbonyl (C=O) groups excluding carboxylic acids is 1. The van der Waals surface area contributed by atoms with E-state index in [1.165, 1.54) is 18.5 Å². The molecular formula is C24H19N5O2. The lowest BCUT2D eigenvalue weighted by Crippen LogP contribution is -2.17. The van der Waals surface area contributed by atoms with Crippen LogP contribution in [0.25, 0.3) is 10.8 Å². The highest BCUT2D eigenvalue weighted by Gasteiger charge is 2.05. The summed E-state index contributed by atoms with van der Waals surface area (Å²) in [4.78, 5) is 16.2. The van der Waals surface area contributed by atoms with Gasteiger partial charge in [0.25, 0.3) is 5.91 Å². The van der Waals surface area contributed by atoms with Crippen molar-refractivity contribution in [3.63, 3.8) is 0 Å². The first-order valence-electron chi connectivity index (χ1n) is 9.59. The SMILES string of the molecule is Cc1ccc(C(=O)NN=Cc2cc(N=Nc3cccc4ccccc34)ccc2O)cn1. The molecule has 0 aliphatic heterocycles. The fraction of sp³-hybridized carbons (Fsp3) is 0.0417. The number of fused-ring (bicyclic) bond motifs is 1. The molecule has 0 bridgehead atoms. The zero-order chi connectivity index (χ0) is 21.6. The molecule has 7 nitrogen and oxygen atoms in total. The number of carbonyl (C=O) groups is 1. The summed E-state index contributed by atoms with van der Waals surface area (Å²) in [6.07, 6.45) is 2.83. The number of rotatable bonds is 5. The maximum absolute atomic E-state index is 12.1. The van der Waals surface area contributed by atoms with E-state index in [1.807, 2.05) is 49.4 Å². The van der Waals surface area contributed by atoms with Crippen LogP contribution in [-0.2, 0) is 0 Å². The van der Waals surface area contributed by atoms with Crippen LogP contribution in [0.4, 0.5) is 11.4 Å². The summed E-state index contributed by atoms with van der Waals surface area (Å²) in [5, 5.41) is 24.7. The van der Waals surface area contributed by atoms with Gasteiger partial charge in [-0.05, 0) is 48.7 Å². The van der Waals surface area contributed by atoms with Gasteiger partial charge in [-0.15, -0.1) is 5.11 Å². The van der Waals surface area contributed by atoms with Gasteiger partial charge in [0.2, 0.25) is 0 Å². The average molecular weight is 409 g/mol. The number of hydrogen-bond acceptors (Lipinski definition) is 6. The second-order valence-corrected chi connectivity index (χ2v) is 6.83. The van der Waals surface area contributed by atoms with Crippen molar-refractivity contribution in [1.29, 1.82) is 0 Å². The first-order chi connectivity index (χ1) is 15.1. The van der Waals surface area contributed by atoms with Gasteiger partial charge in [-0.3, -0.25) is 9.78 Å². The molecule has 31 heavy (non-hydrogen) atoms. The van der Waals surface area contributed by atoms with Gasteiger partial charge in [0.05, 0.1) is 23.2 Å². The quantitative estimate of drug-likeness (QED) is 0.261. The van der Waals surface area contributed by atoms with Crippen molar-refractivity contribution in [3.8, 4) is 5.75 Å². The molecule has 0 aliphatic rings. The molecule has 0 saturated heterocycles. The smallest absolute Gasteiger partial charge is 0.272 e. The minimum Gasteiger partial charge on any atom is -0.507 e. The molecule has 7 heteroatoms. The molecule has 0 atom stereocenters. The molecule has 152 valence electrons. The summed E-state index contributed by atoms with van der Waals surface area (Å²) in [7, 11) is 0. The van der Waals surface area contributed by atoms with Crippen LogP contribution in [0.15, 0.2) is 94.3 Å². The topological polar surface area (TPSA) is 99.3 Å². The number of phenols is 1. The van der Waals surface area contributed by atoms with Gasteiger partial charge >= 0.3 is 0 Å². The van der Waals surface area contributed by atoms with Crippen molar-refractivity contribution in [2.75, 3.05) is 0 Å². The number of azo groups is 1. The highest BCUT2D eigenvalue weighted by atomic mass is 16.3. The normalized spacial score (nSPS) is 11.4. The third kappa shape index (κ3) is 4.79. The van der Waals surface area contributed by atoms with E-state index in [1.54, 1.807) is 24.3 Å². The Morgan fingerprint density at radius 1 is 1.00 bits per heavy atom. The number of amides is 1. The first-order valence-corrected chi connectivity index (χ1v) is 9.59. The zero-order valence-electron chi connectivity index (χ0n) is 16.7. The largest absolute Gasteiger partial charge is 0.507 e. The lowest BCUT2D eigenvalue weighted by Gasteiger charge is -2.02. The Hall–Kier alpha value is -4.39. The van der Waals surface area contributed by atoms with Crippen LogP contribution in [0.2, 0.25) is 0 Å². The molecule has 1 heterocycles. The average Bonchev–Trinajstić information content (AvgIpc) is 2.79. The zero-order valence-corrected chi connectivity index (χ0v) is 16.7. The first kappa shape index (κ1) is 19.9. The minimum absolute atomic E-state index is 0.0131. The van der Waals surface area contributed by atoms with Crippen LogP contribution in [-0.4, -0.2) is 22.2 Å². The van der Waals surface area contributed by atoms with Crippen molar-refractivity contribution in [1.82, 2.24) is 10.4 Å². The summed E-state index contributed by atoms with van der Waals surface area (Å²) in [5.41, 5.74) is 5.32. The van der Waals surface area contributed by atoms with Crippen molar-refractivity contribution < 1.29 is 9.90 Å². The van der Waals surface area contributed by atoms with E-state index in [0.29, 0.717) is 16.8 Å². The second-order valence-electron chi connectivity index (χ2n) is 6.83. The van der Waals surface area contributed by atoms with Gasteiger partial charge in [-0.25, -0.2) is 5.43 Å². The molecule has 1 aromatic heterocycles. The predicted molar refractivity (Wildman–Crippen MR) is 120 cm³/mol. The number of hydrazone groups is 1. The van der Waals surface area contributed by atoms with Crippen molar-refractivity contribution in [2.24, 2.45) is 15.3 Å². The molecule has 0 fully saturated rings. The van der Waals surface area contributed by atoms with E-state index in [0.717, 1.165) is 22.2 Å². The Morgan fingerprint density at radius 3 is 2.68 bits per heavy atom. The highest BCUT2D eigenvalue weighted by Crippen LogP contribution is 2.28. The Morgan fingerprint density at radius 2 is 1.84 bits per heavy atom. The van der Waals surface area contributed by atoms with Crippen LogP contribution in [0.1, 0.15) is 21.6 Å². The fourth-order valence-corrected chi connectivity index (χ4v) is 2.94. The lowest BCUT2D eigenvalue weighted by molar-refractivity contribution is 0.0954. The lowest BCUT2D eigenvalue weighted by atomic mass is 10.1. The van der Waals surface area contributed by atoms with E-state index < -0.39 is 5.91 Å². The van der Waals surface area contributed by atoms with Crippen molar-refractivity contribution >= 4 is 34.3 Å². The molecule has 0 saturated carbocycles. The number of benzene rings is 3. The molecule has 0 spiro atoms. The number of nitrogens with one attached hydrogen (secondary N) is 1. The van der Waals surface area contributed by atoms with Gasteiger partial charge < -0.3 is 5.11 Å². The maximum atomic E-state index is 12.1. The summed E-state index contributed by atoms with van der Waals surface area (Å²) in [6.45, 7) is 1.84. The van der Waals surface area contributed by atoms with Crippen LogP contribution < -0.4 is 5.43 Å². The standard InChI is InChI=1S/C24H19N5O2/c1-16-9-10-18(14-25-16)24(31)29-26-15-19-13-20(11-12-23(19)30)27-28-22-8-4-6-17-5-2-3-7-21(17)22/h2-15,30H,1H3,(H,29,31). The Balaban J connectivity index is 1.50. The third-order valence-corrected chi connectivity index (χ3v) is 4.59. The number of nitrogens with zero attached hydrogens (tertiary/aromatic N) is 4. The Bertz CT molecular complexity index is 1290. The van der Waals surface area contributed by atoms with Crippen LogP contribution in [0.5, 0.6) is 5.75 Å². The van der Waals surface area contributed by atoms with Gasteiger partial charge in [0.15, 0.2) is 0 Å². The number of aromatic hydroxyl groups is 1. The van der Waals surface area contributed by atoms with Crippen LogP contribution >= 0.6 is 0 Å². The summed E-state index contributed by atoms with van der Waals surface area (Å²) < 4.78 is 0. The third-order valence-electron chi connectivity index (χ3n) is 4.59. The van der Waals surface area contributed by atoms with Gasteiger partial charge in [0.1, 0.15) is 5.75 Å². The monoisotopic (exact) mass is 409 g/mol. The summed E-state index contributed by atoms with van der Waals surface area (Å²) >= 11 is 0. The molecule has 4 aromatic rings. The Labute approximate surface area is 178 Å². The molecule has 0 aliphatic carbocycles. The van der Waals surface area contributed by atoms with Gasteiger partial charge in [-0.2, -0.15) is 10.2 Å². The molecule has 1 amide bonds. The van der Waals surface area contributed by atoms with Gasteiger partial charge in [0, 0.05) is 22.8 Å². The van der Waals surface area contributed by atoms with Crippen LogP contribution in [0.3, 0.4) is 0 Å². The van der Waals surface area contributed by atoms with Crippen molar-refractivity contribution in [3.05, 3.63) is 95.8 Å². The van der Waals surface area contributed by atoms with Gasteiger partial charge in [-0.1, -0.05) is 36.4 Å². The Kier molecular flexibility index (Phi) is 5.75. The molecule has 0 radical (unpaired) electrons. The van der Waals surface area contributed by atoms with E-state index in [9.17, 15) is 9.90 Å². The van der Waals surface area contributed by atoms with Crippen molar-refractivity contribution in [2.45, 2.75) is 6.92 Å². The second kappa shape index (κ2) is 8.96. The van der Waals surface area contributed by atoms with E-state index in [4.69, 9.17) is 0 Å². The number of hydrogen-bond donors (Lipinski definition) is 2. The number of aryl methyl sites for hydroxylation is 1. The molecule has 2 N–H and O–H groups in total. The number of aromatic nitrogens is 1. The highest BCUT2D eigenvalue weighted by molar-refractivity contribution is 5.95. The molecule has 0 unspecified atom stereocenters. The minimum atomic E-state index is -0.393. The summed E-state index contributed by atoms with van der Waals surface area (Å²) in [5.74, 6) is -0.380. The summed E-state index contributed by atoms with van der Waals surface area (Å²) in [6, 6.07) is 22.0. The maximum Gasteiger partial charge on any atom is 0.272 e. The van der Waals surface area contributed by atoms with Crippen LogP contribution in [0, 0.1) is 6.92 Å². The molecule has 3 aromatic carbocycles. The number of phenolic OH excluding ortho intramolecular Hbond substituents is 1. The molecule has 4 rings (SSSR count). The molecular weight excluding hydrogens is 390 g/mol. The number of pyridine rings is 1.